The van der Waals surface area contributed by atoms with Crippen LogP contribution in [0.4, 0.5) is 5.69 Å². The lowest BCUT2D eigenvalue weighted by atomic mass is 9.69. The van der Waals surface area contributed by atoms with Crippen molar-refractivity contribution < 1.29 is 39.0 Å². The van der Waals surface area contributed by atoms with E-state index in [-0.39, 0.29) is 42.5 Å². The van der Waals surface area contributed by atoms with Crippen molar-refractivity contribution in [3.63, 3.8) is 0 Å². The van der Waals surface area contributed by atoms with Gasteiger partial charge in [0.25, 0.3) is 0 Å². The number of hydrogen-bond donors (Lipinski definition) is 4. The maximum atomic E-state index is 13.6. The second kappa shape index (κ2) is 11.0. The predicted molar refractivity (Wildman–Crippen MR) is 140 cm³/mol. The van der Waals surface area contributed by atoms with Crippen molar-refractivity contribution in [2.45, 2.75) is 45.3 Å². The topological polar surface area (TPSA) is 141 Å². The molecule has 1 aromatic heterocycles. The van der Waals surface area contributed by atoms with E-state index >= 15 is 0 Å². The summed E-state index contributed by atoms with van der Waals surface area (Å²) in [6, 6.07) is 9.70. The molecule has 0 unspecified atom stereocenters. The smallest absolute Gasteiger partial charge is 0.459 e. The third-order valence-electron chi connectivity index (χ3n) is 7.99. The van der Waals surface area contributed by atoms with Crippen LogP contribution >= 0.6 is 0 Å². The van der Waals surface area contributed by atoms with Crippen LogP contribution in [0.3, 0.4) is 0 Å². The van der Waals surface area contributed by atoms with Crippen molar-refractivity contribution >= 4 is 36.2 Å². The van der Waals surface area contributed by atoms with Crippen LogP contribution in [0.5, 0.6) is 0 Å². The molecular formula is C28H32BNO8. The van der Waals surface area contributed by atoms with Gasteiger partial charge in [0.15, 0.2) is 0 Å². The molecule has 10 heteroatoms. The summed E-state index contributed by atoms with van der Waals surface area (Å²) in [7, 11) is -1.71. The largest absolute Gasteiger partial charge is 0.488 e. The van der Waals surface area contributed by atoms with Crippen molar-refractivity contribution in [1.29, 1.82) is 0 Å². The molecule has 1 aliphatic carbocycles. The lowest BCUT2D eigenvalue weighted by Crippen LogP contribution is -2.35. The van der Waals surface area contributed by atoms with Gasteiger partial charge in [-0.05, 0) is 72.6 Å². The summed E-state index contributed by atoms with van der Waals surface area (Å²) in [6.45, 7) is 2.01. The lowest BCUT2D eigenvalue weighted by Gasteiger charge is -2.31. The highest BCUT2D eigenvalue weighted by molar-refractivity contribution is 6.58. The molecule has 2 aromatic rings. The van der Waals surface area contributed by atoms with Crippen molar-refractivity contribution in [3.05, 3.63) is 64.6 Å². The number of rotatable bonds is 9. The maximum absolute atomic E-state index is 13.6. The zero-order chi connectivity index (χ0) is 27.0. The van der Waals surface area contributed by atoms with Crippen LogP contribution in [0, 0.1) is 17.8 Å². The highest BCUT2D eigenvalue weighted by atomic mass is 16.5. The summed E-state index contributed by atoms with van der Waals surface area (Å²) in [5, 5.41) is 38.6. The molecule has 2 saturated heterocycles. The average molecular weight is 521 g/mol. The number of aliphatic hydroxyl groups is 2. The normalized spacial score (nSPS) is 25.3. The molecule has 38 heavy (non-hydrogen) atoms. The Morgan fingerprint density at radius 2 is 1.92 bits per heavy atom. The van der Waals surface area contributed by atoms with E-state index in [1.54, 1.807) is 18.2 Å². The van der Waals surface area contributed by atoms with Crippen molar-refractivity contribution in [2.75, 3.05) is 18.1 Å². The molecule has 0 saturated carbocycles. The van der Waals surface area contributed by atoms with Gasteiger partial charge in [-0.25, -0.2) is 0 Å². The minimum atomic E-state index is -1.71. The predicted octanol–water partition coefficient (Wildman–Crippen LogP) is 1.54. The first-order chi connectivity index (χ1) is 18.4. The molecule has 0 radical (unpaired) electrons. The molecule has 4 atom stereocenters. The summed E-state index contributed by atoms with van der Waals surface area (Å²) in [4.78, 5) is 28.2. The van der Waals surface area contributed by atoms with Gasteiger partial charge in [-0.15, -0.1) is 0 Å². The first kappa shape index (κ1) is 26.6. The van der Waals surface area contributed by atoms with Gasteiger partial charge >= 0.3 is 7.12 Å². The number of amides is 2. The number of hydrogen-bond acceptors (Lipinski definition) is 8. The van der Waals surface area contributed by atoms with Crippen LogP contribution in [0.25, 0.3) is 6.08 Å². The van der Waals surface area contributed by atoms with E-state index in [9.17, 15) is 29.9 Å². The van der Waals surface area contributed by atoms with Crippen molar-refractivity contribution in [2.24, 2.45) is 17.8 Å². The summed E-state index contributed by atoms with van der Waals surface area (Å²) in [6.07, 6.45) is 4.22. The van der Waals surface area contributed by atoms with E-state index in [1.165, 1.54) is 12.1 Å². The minimum absolute atomic E-state index is 0.152. The SMILES string of the molecule is CC/C(=C\c1ccc(CO)o1)CC[C@H]1OC[C@H]2C1=C(CO)C[C@H]1C(=O)N(c3cccc(B(O)O)c3)C(=O)[C@H]12. The fourth-order valence-electron chi connectivity index (χ4n) is 6.12. The summed E-state index contributed by atoms with van der Waals surface area (Å²) >= 11 is 0. The second-order valence-electron chi connectivity index (χ2n) is 10.1. The number of imide groups is 1. The first-order valence-electron chi connectivity index (χ1n) is 13.0. The maximum Gasteiger partial charge on any atom is 0.488 e. The van der Waals surface area contributed by atoms with Crippen LogP contribution in [-0.2, 0) is 20.9 Å². The van der Waals surface area contributed by atoms with Gasteiger partial charge in [0.2, 0.25) is 11.8 Å². The standard InChI is InChI=1S/C28H32BNO8/c1-2-16(10-20-7-8-21(14-32)38-20)6-9-24-25-17(13-31)11-22-26(23(25)15-37-24)28(34)30(27(22)33)19-5-3-4-18(12-19)29(35)36/h3-5,7-8,10,12,22-24,26,31-32,35-36H,2,6,9,11,13-15H2,1H3/b16-10+/t22-,23+,24-,26-/m1/s1. The van der Waals surface area contributed by atoms with Crippen LogP contribution in [0.2, 0.25) is 0 Å². The summed E-state index contributed by atoms with van der Waals surface area (Å²) in [5.41, 5.74) is 3.36. The van der Waals surface area contributed by atoms with Crippen LogP contribution < -0.4 is 10.4 Å². The Bertz CT molecular complexity index is 1280. The molecule has 0 bridgehead atoms. The fourth-order valence-corrected chi connectivity index (χ4v) is 6.12. The van der Waals surface area contributed by atoms with E-state index in [2.05, 4.69) is 6.92 Å². The Labute approximate surface area is 221 Å². The summed E-state index contributed by atoms with van der Waals surface area (Å²) in [5.74, 6) is -0.932. The van der Waals surface area contributed by atoms with Gasteiger partial charge in [-0.3, -0.25) is 14.5 Å². The second-order valence-corrected chi connectivity index (χ2v) is 10.1. The number of furan rings is 1. The van der Waals surface area contributed by atoms with Gasteiger partial charge in [0.05, 0.1) is 36.8 Å². The zero-order valence-corrected chi connectivity index (χ0v) is 21.2. The third kappa shape index (κ3) is 4.78. The van der Waals surface area contributed by atoms with E-state index < -0.39 is 19.0 Å². The number of ether oxygens (including phenoxy) is 1. The number of aliphatic hydroxyl groups excluding tert-OH is 2. The van der Waals surface area contributed by atoms with Gasteiger partial charge in [-0.1, -0.05) is 24.6 Å². The van der Waals surface area contributed by atoms with Crippen LogP contribution in [0.15, 0.2) is 57.5 Å². The van der Waals surface area contributed by atoms with E-state index in [1.807, 2.05) is 12.1 Å². The first-order valence-corrected chi connectivity index (χ1v) is 13.0. The molecule has 200 valence electrons. The molecule has 0 spiro atoms. The molecule has 3 aliphatic rings. The number of fused-ring (bicyclic) bond motifs is 3. The molecular weight excluding hydrogens is 489 g/mol. The Morgan fingerprint density at radius 1 is 1.11 bits per heavy atom. The van der Waals surface area contributed by atoms with E-state index in [4.69, 9.17) is 9.15 Å². The fraction of sp³-hybridized carbons (Fsp3) is 0.429. The van der Waals surface area contributed by atoms with Gasteiger partial charge in [0.1, 0.15) is 18.1 Å². The minimum Gasteiger partial charge on any atom is -0.459 e. The molecule has 4 N–H and O–H groups in total. The Balaban J connectivity index is 1.36. The molecule has 1 aromatic carbocycles. The Hall–Kier alpha value is -3.02. The Kier molecular flexibility index (Phi) is 7.69. The highest BCUT2D eigenvalue weighted by Gasteiger charge is 2.57. The number of nitrogens with zero attached hydrogens (tertiary/aromatic N) is 1. The molecule has 3 heterocycles. The quantitative estimate of drug-likeness (QED) is 0.221. The number of allylic oxidation sites excluding steroid dienone is 1. The summed E-state index contributed by atoms with van der Waals surface area (Å²) < 4.78 is 11.8. The molecule has 2 amide bonds. The number of benzene rings is 1. The monoisotopic (exact) mass is 521 g/mol. The molecule has 2 aliphatic heterocycles. The van der Waals surface area contributed by atoms with Crippen molar-refractivity contribution in [3.8, 4) is 0 Å². The highest BCUT2D eigenvalue weighted by Crippen LogP contribution is 2.50. The zero-order valence-electron chi connectivity index (χ0n) is 21.2. The lowest BCUT2D eigenvalue weighted by molar-refractivity contribution is -0.122. The Morgan fingerprint density at radius 3 is 2.61 bits per heavy atom. The van der Waals surface area contributed by atoms with Crippen LogP contribution in [-0.4, -0.2) is 58.5 Å². The molecule has 5 rings (SSSR count). The number of carbonyl (C=O) groups is 2. The van der Waals surface area contributed by atoms with Crippen LogP contribution in [0.1, 0.15) is 44.1 Å². The van der Waals surface area contributed by atoms with Gasteiger partial charge in [-0.2, -0.15) is 0 Å². The number of carbonyl (C=O) groups excluding carboxylic acids is 2. The molecule has 2 fully saturated rings. The van der Waals surface area contributed by atoms with E-state index in [0.29, 0.717) is 36.7 Å². The molecule has 9 nitrogen and oxygen atoms in total. The number of anilines is 1. The van der Waals surface area contributed by atoms with Gasteiger partial charge in [0, 0.05) is 5.92 Å². The van der Waals surface area contributed by atoms with Gasteiger partial charge < -0.3 is 29.4 Å². The average Bonchev–Trinajstić information content (AvgIpc) is 3.62. The third-order valence-corrected chi connectivity index (χ3v) is 7.99. The van der Waals surface area contributed by atoms with Crippen molar-refractivity contribution in [1.82, 2.24) is 0 Å². The van der Waals surface area contributed by atoms with E-state index in [0.717, 1.165) is 34.5 Å².